The van der Waals surface area contributed by atoms with E-state index in [1.165, 1.54) is 5.56 Å². The lowest BCUT2D eigenvalue weighted by atomic mass is 10.2. The van der Waals surface area contributed by atoms with Crippen molar-refractivity contribution in [3.05, 3.63) is 41.7 Å². The summed E-state index contributed by atoms with van der Waals surface area (Å²) in [5.41, 5.74) is 1.57. The molecule has 1 aromatic heterocycles. The van der Waals surface area contributed by atoms with Crippen LogP contribution in [0.3, 0.4) is 0 Å². The van der Waals surface area contributed by atoms with Gasteiger partial charge < -0.3 is 5.11 Å². The van der Waals surface area contributed by atoms with E-state index >= 15 is 0 Å². The zero-order valence-corrected chi connectivity index (χ0v) is 10.3. The standard InChI is InChI=1S/C13H18N2O2/c1-3-15(9-6-11(2)13(16)17)10-12-4-7-14-8-5-12/h4-8H,3,9-10H2,1-2H3,(H,16,17). The van der Waals surface area contributed by atoms with Gasteiger partial charge in [-0.3, -0.25) is 9.88 Å². The summed E-state index contributed by atoms with van der Waals surface area (Å²) in [7, 11) is 0. The lowest BCUT2D eigenvalue weighted by Gasteiger charge is -2.18. The summed E-state index contributed by atoms with van der Waals surface area (Å²) < 4.78 is 0. The molecule has 0 aliphatic carbocycles. The minimum Gasteiger partial charge on any atom is -0.478 e. The molecule has 4 heteroatoms. The minimum absolute atomic E-state index is 0.387. The first-order chi connectivity index (χ1) is 8.13. The molecular weight excluding hydrogens is 216 g/mol. The molecule has 1 aromatic rings. The largest absolute Gasteiger partial charge is 0.478 e. The summed E-state index contributed by atoms with van der Waals surface area (Å²) in [5.74, 6) is -0.857. The van der Waals surface area contributed by atoms with E-state index in [1.807, 2.05) is 12.1 Å². The highest BCUT2D eigenvalue weighted by molar-refractivity contribution is 5.85. The molecule has 1 rings (SSSR count). The predicted octanol–water partition coefficient (Wildman–Crippen LogP) is 1.93. The van der Waals surface area contributed by atoms with E-state index in [4.69, 9.17) is 5.11 Å². The molecule has 17 heavy (non-hydrogen) atoms. The van der Waals surface area contributed by atoms with E-state index in [9.17, 15) is 4.79 Å². The molecular formula is C13H18N2O2. The number of nitrogens with zero attached hydrogens (tertiary/aromatic N) is 2. The first-order valence-electron chi connectivity index (χ1n) is 5.64. The number of pyridine rings is 1. The van der Waals surface area contributed by atoms with E-state index in [0.29, 0.717) is 12.1 Å². The summed E-state index contributed by atoms with van der Waals surface area (Å²) in [6, 6.07) is 3.94. The van der Waals surface area contributed by atoms with Crippen molar-refractivity contribution in [2.24, 2.45) is 0 Å². The Hall–Kier alpha value is -1.68. The number of aromatic nitrogens is 1. The number of carboxylic acid groups (broad SMARTS) is 1. The third-order valence-electron chi connectivity index (χ3n) is 2.60. The van der Waals surface area contributed by atoms with E-state index in [2.05, 4.69) is 16.8 Å². The van der Waals surface area contributed by atoms with Crippen LogP contribution < -0.4 is 0 Å². The summed E-state index contributed by atoms with van der Waals surface area (Å²) in [5, 5.41) is 8.76. The van der Waals surface area contributed by atoms with E-state index in [0.717, 1.165) is 13.1 Å². The molecule has 0 aliphatic heterocycles. The van der Waals surface area contributed by atoms with Gasteiger partial charge in [-0.2, -0.15) is 0 Å². The van der Waals surface area contributed by atoms with Crippen molar-refractivity contribution in [2.75, 3.05) is 13.1 Å². The minimum atomic E-state index is -0.857. The maximum atomic E-state index is 10.7. The number of aliphatic carboxylic acids is 1. The Morgan fingerprint density at radius 3 is 2.65 bits per heavy atom. The molecule has 1 heterocycles. The van der Waals surface area contributed by atoms with Crippen molar-refractivity contribution in [1.29, 1.82) is 0 Å². The number of carbonyl (C=O) groups is 1. The highest BCUT2D eigenvalue weighted by atomic mass is 16.4. The zero-order chi connectivity index (χ0) is 12.7. The number of likely N-dealkylation sites (N-methyl/N-ethyl adjacent to an activating group) is 1. The second kappa shape index (κ2) is 6.81. The predicted molar refractivity (Wildman–Crippen MR) is 66.6 cm³/mol. The van der Waals surface area contributed by atoms with Crippen molar-refractivity contribution in [3.8, 4) is 0 Å². The SMILES string of the molecule is CCN(CC=C(C)C(=O)O)Cc1ccncc1. The summed E-state index contributed by atoms with van der Waals surface area (Å²) in [6.45, 7) is 6.01. The molecule has 0 atom stereocenters. The third-order valence-corrected chi connectivity index (χ3v) is 2.60. The molecule has 0 radical (unpaired) electrons. The Labute approximate surface area is 102 Å². The van der Waals surface area contributed by atoms with Crippen LogP contribution >= 0.6 is 0 Å². The average Bonchev–Trinajstić information content (AvgIpc) is 2.35. The lowest BCUT2D eigenvalue weighted by molar-refractivity contribution is -0.132. The number of carboxylic acids is 1. The van der Waals surface area contributed by atoms with E-state index < -0.39 is 5.97 Å². The lowest BCUT2D eigenvalue weighted by Crippen LogP contribution is -2.23. The number of rotatable bonds is 6. The van der Waals surface area contributed by atoms with Crippen molar-refractivity contribution in [1.82, 2.24) is 9.88 Å². The highest BCUT2D eigenvalue weighted by Crippen LogP contribution is 2.04. The van der Waals surface area contributed by atoms with Gasteiger partial charge in [0.05, 0.1) is 0 Å². The summed E-state index contributed by atoms with van der Waals surface area (Å²) >= 11 is 0. The van der Waals surface area contributed by atoms with Crippen LogP contribution in [0.4, 0.5) is 0 Å². The molecule has 0 spiro atoms. The number of hydrogen-bond acceptors (Lipinski definition) is 3. The molecule has 0 saturated carbocycles. The van der Waals surface area contributed by atoms with Crippen LogP contribution in [0.25, 0.3) is 0 Å². The normalized spacial score (nSPS) is 11.8. The fourth-order valence-corrected chi connectivity index (χ4v) is 1.41. The Balaban J connectivity index is 2.55. The Morgan fingerprint density at radius 1 is 1.47 bits per heavy atom. The topological polar surface area (TPSA) is 53.4 Å². The molecule has 92 valence electrons. The molecule has 0 saturated heterocycles. The van der Waals surface area contributed by atoms with Crippen LogP contribution in [0, 0.1) is 0 Å². The van der Waals surface area contributed by atoms with Gasteiger partial charge in [-0.25, -0.2) is 4.79 Å². The van der Waals surface area contributed by atoms with Gasteiger partial charge in [0, 0.05) is 31.1 Å². The first-order valence-corrected chi connectivity index (χ1v) is 5.64. The monoisotopic (exact) mass is 234 g/mol. The van der Waals surface area contributed by atoms with Crippen molar-refractivity contribution >= 4 is 5.97 Å². The first kappa shape index (κ1) is 13.4. The van der Waals surface area contributed by atoms with Gasteiger partial charge >= 0.3 is 5.97 Å². The van der Waals surface area contributed by atoms with Gasteiger partial charge in [0.15, 0.2) is 0 Å². The average molecular weight is 234 g/mol. The molecule has 0 fully saturated rings. The van der Waals surface area contributed by atoms with Crippen LogP contribution in [0.1, 0.15) is 19.4 Å². The highest BCUT2D eigenvalue weighted by Gasteiger charge is 2.04. The van der Waals surface area contributed by atoms with E-state index in [-0.39, 0.29) is 0 Å². The van der Waals surface area contributed by atoms with Crippen LogP contribution in [-0.4, -0.2) is 34.0 Å². The van der Waals surface area contributed by atoms with Crippen molar-refractivity contribution in [3.63, 3.8) is 0 Å². The fraction of sp³-hybridized carbons (Fsp3) is 0.385. The second-order valence-corrected chi connectivity index (χ2v) is 3.88. The molecule has 0 aromatic carbocycles. The molecule has 0 aliphatic rings. The number of hydrogen-bond donors (Lipinski definition) is 1. The van der Waals surface area contributed by atoms with E-state index in [1.54, 1.807) is 25.4 Å². The van der Waals surface area contributed by atoms with Crippen molar-refractivity contribution in [2.45, 2.75) is 20.4 Å². The summed E-state index contributed by atoms with van der Waals surface area (Å²) in [6.07, 6.45) is 5.27. The maximum absolute atomic E-state index is 10.7. The Kier molecular flexibility index (Phi) is 5.36. The maximum Gasteiger partial charge on any atom is 0.330 e. The molecule has 0 amide bonds. The smallest absolute Gasteiger partial charge is 0.330 e. The molecule has 0 unspecified atom stereocenters. The quantitative estimate of drug-likeness (QED) is 0.764. The summed E-state index contributed by atoms with van der Waals surface area (Å²) in [4.78, 5) is 16.8. The van der Waals surface area contributed by atoms with Gasteiger partial charge in [0.1, 0.15) is 0 Å². The molecule has 4 nitrogen and oxygen atoms in total. The van der Waals surface area contributed by atoms with Crippen LogP contribution in [-0.2, 0) is 11.3 Å². The van der Waals surface area contributed by atoms with Crippen LogP contribution in [0.15, 0.2) is 36.2 Å². The van der Waals surface area contributed by atoms with Gasteiger partial charge in [-0.05, 0) is 31.2 Å². The Bertz CT molecular complexity index is 388. The zero-order valence-electron chi connectivity index (χ0n) is 10.3. The van der Waals surface area contributed by atoms with Crippen LogP contribution in [0.5, 0.6) is 0 Å². The third kappa shape index (κ3) is 4.78. The van der Waals surface area contributed by atoms with Gasteiger partial charge in [-0.1, -0.05) is 13.0 Å². The fourth-order valence-electron chi connectivity index (χ4n) is 1.41. The van der Waals surface area contributed by atoms with Gasteiger partial charge in [0.2, 0.25) is 0 Å². The Morgan fingerprint density at radius 2 is 2.12 bits per heavy atom. The van der Waals surface area contributed by atoms with Gasteiger partial charge in [0.25, 0.3) is 0 Å². The van der Waals surface area contributed by atoms with Gasteiger partial charge in [-0.15, -0.1) is 0 Å². The molecule has 0 bridgehead atoms. The van der Waals surface area contributed by atoms with Crippen molar-refractivity contribution < 1.29 is 9.90 Å². The van der Waals surface area contributed by atoms with Crippen LogP contribution in [0.2, 0.25) is 0 Å². The second-order valence-electron chi connectivity index (χ2n) is 3.88. The molecule has 1 N–H and O–H groups in total.